The predicted octanol–water partition coefficient (Wildman–Crippen LogP) is 5.92. The molecule has 1 aliphatic heterocycles. The molecule has 1 heterocycles. The fraction of sp³-hybridized carbons (Fsp3) is 0.414. The van der Waals surface area contributed by atoms with Gasteiger partial charge in [0.2, 0.25) is 0 Å². The van der Waals surface area contributed by atoms with Crippen molar-refractivity contribution in [3.63, 3.8) is 0 Å². The van der Waals surface area contributed by atoms with Gasteiger partial charge in [-0.25, -0.2) is 9.59 Å². The molecule has 1 saturated heterocycles. The van der Waals surface area contributed by atoms with Crippen LogP contribution in [0.3, 0.4) is 0 Å². The maximum absolute atomic E-state index is 12.9. The molecule has 1 N–H and O–H groups in total. The highest BCUT2D eigenvalue weighted by Gasteiger charge is 2.55. The van der Waals surface area contributed by atoms with Crippen LogP contribution in [-0.4, -0.2) is 36.3 Å². The van der Waals surface area contributed by atoms with Gasteiger partial charge in [-0.2, -0.15) is 0 Å². The van der Waals surface area contributed by atoms with Crippen molar-refractivity contribution in [1.29, 1.82) is 0 Å². The lowest BCUT2D eigenvalue weighted by molar-refractivity contribution is -0.141. The Morgan fingerprint density at radius 1 is 1.08 bits per heavy atom. The Hall–Kier alpha value is -3.61. The number of carbonyl (C=O) groups is 3. The van der Waals surface area contributed by atoms with Crippen molar-refractivity contribution >= 4 is 23.7 Å². The summed E-state index contributed by atoms with van der Waals surface area (Å²) in [7, 11) is 0. The van der Waals surface area contributed by atoms with Crippen LogP contribution in [-0.2, 0) is 19.0 Å². The van der Waals surface area contributed by atoms with Crippen molar-refractivity contribution in [3.05, 3.63) is 78.4 Å². The molecule has 190 valence electrons. The van der Waals surface area contributed by atoms with Crippen molar-refractivity contribution in [3.8, 4) is 0 Å². The number of hydrogen-bond donors (Lipinski definition) is 1. The Morgan fingerprint density at radius 3 is 2.53 bits per heavy atom. The fourth-order valence-corrected chi connectivity index (χ4v) is 5.04. The van der Waals surface area contributed by atoms with Crippen molar-refractivity contribution in [1.82, 2.24) is 0 Å². The SMILES string of the molecule is CCCCC/C=C\[C@@H](OC(=O)Nc1ccccc1)[C@@H]1[C@H]2CC(=O)O[C@H]2C[C@H]1OC(=O)c1ccccc1. The molecule has 0 radical (unpaired) electrons. The smallest absolute Gasteiger partial charge is 0.412 e. The minimum Gasteiger partial charge on any atom is -0.462 e. The summed E-state index contributed by atoms with van der Waals surface area (Å²) in [4.78, 5) is 37.8. The number of amides is 1. The molecule has 4 rings (SSSR count). The van der Waals surface area contributed by atoms with Crippen LogP contribution in [0.5, 0.6) is 0 Å². The first kappa shape index (κ1) is 25.5. The number of carbonyl (C=O) groups excluding carboxylic acids is 3. The number of fused-ring (bicyclic) bond motifs is 1. The second-order valence-electron chi connectivity index (χ2n) is 9.30. The lowest BCUT2D eigenvalue weighted by atomic mass is 9.86. The van der Waals surface area contributed by atoms with Gasteiger partial charge < -0.3 is 14.2 Å². The molecule has 5 atom stereocenters. The van der Waals surface area contributed by atoms with E-state index < -0.39 is 30.2 Å². The Labute approximate surface area is 211 Å². The number of hydrogen-bond acceptors (Lipinski definition) is 6. The first-order valence-corrected chi connectivity index (χ1v) is 12.7. The summed E-state index contributed by atoms with van der Waals surface area (Å²) in [6.45, 7) is 2.14. The minimum atomic E-state index is -0.687. The van der Waals surface area contributed by atoms with Gasteiger partial charge >= 0.3 is 18.0 Å². The Bertz CT molecular complexity index is 1050. The molecule has 0 unspecified atom stereocenters. The molecule has 7 nitrogen and oxygen atoms in total. The highest BCUT2D eigenvalue weighted by atomic mass is 16.6. The third kappa shape index (κ3) is 6.53. The summed E-state index contributed by atoms with van der Waals surface area (Å²) in [5, 5.41) is 2.76. The molecule has 2 aliphatic rings. The van der Waals surface area contributed by atoms with Gasteiger partial charge in [0.1, 0.15) is 18.3 Å². The van der Waals surface area contributed by atoms with E-state index in [4.69, 9.17) is 14.2 Å². The highest BCUT2D eigenvalue weighted by molar-refractivity contribution is 5.89. The van der Waals surface area contributed by atoms with Gasteiger partial charge in [-0.05, 0) is 43.2 Å². The van der Waals surface area contributed by atoms with E-state index >= 15 is 0 Å². The van der Waals surface area contributed by atoms with Gasteiger partial charge in [0.05, 0.1) is 12.0 Å². The summed E-state index contributed by atoms with van der Waals surface area (Å²) in [5.74, 6) is -1.34. The summed E-state index contributed by atoms with van der Waals surface area (Å²) in [6.07, 6.45) is 6.34. The maximum atomic E-state index is 12.9. The molecule has 2 fully saturated rings. The molecule has 0 bridgehead atoms. The van der Waals surface area contributed by atoms with E-state index in [2.05, 4.69) is 12.2 Å². The zero-order chi connectivity index (χ0) is 25.3. The third-order valence-electron chi connectivity index (χ3n) is 6.76. The average Bonchev–Trinajstić information content (AvgIpc) is 3.39. The number of esters is 2. The average molecular weight is 492 g/mol. The first-order valence-electron chi connectivity index (χ1n) is 12.7. The summed E-state index contributed by atoms with van der Waals surface area (Å²) in [6, 6.07) is 17.8. The summed E-state index contributed by atoms with van der Waals surface area (Å²) in [5.41, 5.74) is 1.06. The predicted molar refractivity (Wildman–Crippen MR) is 135 cm³/mol. The van der Waals surface area contributed by atoms with E-state index in [9.17, 15) is 14.4 Å². The zero-order valence-electron chi connectivity index (χ0n) is 20.5. The molecule has 0 aromatic heterocycles. The number of ether oxygens (including phenoxy) is 3. The number of rotatable bonds is 10. The quantitative estimate of drug-likeness (QED) is 0.192. The zero-order valence-corrected chi connectivity index (χ0v) is 20.5. The number of unbranched alkanes of at least 4 members (excludes halogenated alkanes) is 3. The lowest BCUT2D eigenvalue weighted by Crippen LogP contribution is -2.38. The maximum Gasteiger partial charge on any atom is 0.412 e. The van der Waals surface area contributed by atoms with Crippen LogP contribution in [0.4, 0.5) is 10.5 Å². The number of benzene rings is 2. The second kappa shape index (κ2) is 12.4. The number of anilines is 1. The molecule has 2 aromatic carbocycles. The van der Waals surface area contributed by atoms with E-state index in [0.29, 0.717) is 17.7 Å². The molecule has 7 heteroatoms. The highest BCUT2D eigenvalue weighted by Crippen LogP contribution is 2.45. The molecule has 1 saturated carbocycles. The summed E-state index contributed by atoms with van der Waals surface area (Å²) >= 11 is 0. The molecule has 2 aromatic rings. The fourth-order valence-electron chi connectivity index (χ4n) is 5.04. The first-order chi connectivity index (χ1) is 17.5. The van der Waals surface area contributed by atoms with Gasteiger partial charge in [0.15, 0.2) is 0 Å². The van der Waals surface area contributed by atoms with Crippen molar-refractivity contribution in [2.24, 2.45) is 11.8 Å². The number of para-hydroxylation sites is 1. The van der Waals surface area contributed by atoms with Gasteiger partial charge in [0, 0.05) is 23.9 Å². The monoisotopic (exact) mass is 491 g/mol. The van der Waals surface area contributed by atoms with E-state index in [1.807, 2.05) is 36.4 Å². The molecule has 1 amide bonds. The third-order valence-corrected chi connectivity index (χ3v) is 6.76. The Morgan fingerprint density at radius 2 is 1.81 bits per heavy atom. The van der Waals surface area contributed by atoms with Crippen LogP contribution in [0.2, 0.25) is 0 Å². The molecular formula is C29H33NO6. The molecule has 36 heavy (non-hydrogen) atoms. The minimum absolute atomic E-state index is 0.207. The molecule has 1 aliphatic carbocycles. The van der Waals surface area contributed by atoms with E-state index in [1.165, 1.54) is 0 Å². The van der Waals surface area contributed by atoms with E-state index in [1.54, 1.807) is 36.4 Å². The standard InChI is InChI=1S/C29H33NO6/c1-2-3-4-5-12-17-23(36-29(33)30-21-15-10-7-11-16-21)27-22-18-26(31)34-24(22)19-25(27)35-28(32)20-13-8-6-9-14-20/h6-17,22-25,27H,2-5,18-19H2,1H3,(H,30,33)/b17-12-/t22-,23+,24-,25+,27-/m0/s1. The van der Waals surface area contributed by atoms with Crippen LogP contribution >= 0.6 is 0 Å². The van der Waals surface area contributed by atoms with Crippen LogP contribution in [0.15, 0.2) is 72.8 Å². The van der Waals surface area contributed by atoms with Gasteiger partial charge in [-0.1, -0.05) is 62.2 Å². The van der Waals surface area contributed by atoms with Crippen LogP contribution < -0.4 is 5.32 Å². The van der Waals surface area contributed by atoms with Crippen LogP contribution in [0.25, 0.3) is 0 Å². The molecular weight excluding hydrogens is 458 g/mol. The number of nitrogens with one attached hydrogen (secondary N) is 1. The van der Waals surface area contributed by atoms with Crippen molar-refractivity contribution in [2.75, 3.05) is 5.32 Å². The largest absolute Gasteiger partial charge is 0.462 e. The van der Waals surface area contributed by atoms with Crippen LogP contribution in [0.1, 0.15) is 55.8 Å². The van der Waals surface area contributed by atoms with Crippen molar-refractivity contribution in [2.45, 2.75) is 63.8 Å². The van der Waals surface area contributed by atoms with Gasteiger partial charge in [-0.3, -0.25) is 10.1 Å². The van der Waals surface area contributed by atoms with Crippen LogP contribution in [0, 0.1) is 11.8 Å². The number of allylic oxidation sites excluding steroid dienone is 1. The normalized spacial score (nSPS) is 23.6. The summed E-state index contributed by atoms with van der Waals surface area (Å²) < 4.78 is 17.4. The topological polar surface area (TPSA) is 90.9 Å². The molecule has 0 spiro atoms. The Balaban J connectivity index is 1.55. The van der Waals surface area contributed by atoms with Crippen molar-refractivity contribution < 1.29 is 28.6 Å². The van der Waals surface area contributed by atoms with Gasteiger partial charge in [0.25, 0.3) is 0 Å². The Kier molecular flexibility index (Phi) is 8.76. The van der Waals surface area contributed by atoms with E-state index in [0.717, 1.165) is 25.7 Å². The van der Waals surface area contributed by atoms with E-state index in [-0.39, 0.29) is 24.4 Å². The lowest BCUT2D eigenvalue weighted by Gasteiger charge is -2.29. The second-order valence-corrected chi connectivity index (χ2v) is 9.30. The van der Waals surface area contributed by atoms with Gasteiger partial charge in [-0.15, -0.1) is 0 Å².